The number of benzene rings is 1. The van der Waals surface area contributed by atoms with Crippen molar-refractivity contribution < 1.29 is 28.2 Å². The lowest BCUT2D eigenvalue weighted by atomic mass is 10.1. The Balaban J connectivity index is 1.16. The number of fused-ring (bicyclic) bond motifs is 2. The highest BCUT2D eigenvalue weighted by atomic mass is 19.1. The molecule has 210 valence electrons. The van der Waals surface area contributed by atoms with E-state index in [-0.39, 0.29) is 31.3 Å². The third-order valence-electron chi connectivity index (χ3n) is 7.37. The Labute approximate surface area is 228 Å². The quantitative estimate of drug-likeness (QED) is 0.539. The molecule has 4 atom stereocenters. The Hall–Kier alpha value is -3.56. The van der Waals surface area contributed by atoms with Crippen LogP contribution in [0.25, 0.3) is 0 Å². The zero-order chi connectivity index (χ0) is 27.6. The molecular weight excluding hydrogens is 503 g/mol. The maximum Gasteiger partial charge on any atom is 0.410 e. The monoisotopic (exact) mass is 540 g/mol. The van der Waals surface area contributed by atoms with E-state index in [1.165, 1.54) is 4.90 Å². The number of hydrogen-bond acceptors (Lipinski definition) is 7. The lowest BCUT2D eigenvalue weighted by Gasteiger charge is -2.42. The van der Waals surface area contributed by atoms with Crippen LogP contribution in [0.3, 0.4) is 0 Å². The number of carbonyl (C=O) groups is 2. The van der Waals surface area contributed by atoms with E-state index in [4.69, 9.17) is 14.2 Å². The van der Waals surface area contributed by atoms with Gasteiger partial charge in [-0.25, -0.2) is 19.0 Å². The summed E-state index contributed by atoms with van der Waals surface area (Å²) < 4.78 is 31.9. The first kappa shape index (κ1) is 27.0. The highest BCUT2D eigenvalue weighted by Gasteiger charge is 2.42. The van der Waals surface area contributed by atoms with Crippen molar-refractivity contribution in [2.45, 2.75) is 76.6 Å². The molecule has 9 nitrogen and oxygen atoms in total. The van der Waals surface area contributed by atoms with Crippen molar-refractivity contribution in [1.29, 1.82) is 0 Å². The number of aromatic nitrogens is 1. The summed E-state index contributed by atoms with van der Waals surface area (Å²) in [7, 11) is 0. The Morgan fingerprint density at radius 2 is 1.69 bits per heavy atom. The van der Waals surface area contributed by atoms with Crippen molar-refractivity contribution in [3.8, 4) is 5.88 Å². The van der Waals surface area contributed by atoms with Gasteiger partial charge in [0.25, 0.3) is 0 Å². The Bertz CT molecular complexity index is 1150. The van der Waals surface area contributed by atoms with Crippen LogP contribution in [-0.2, 0) is 16.1 Å². The number of piperazine rings is 1. The SMILES string of the molecule is CC(C)(C)OC(=O)N1CC[C@@H](Oc2cc(N3C4CCC3CN(C(=O)OCc3ccccc3)C4)ccn2)[C@@H](F)C1. The van der Waals surface area contributed by atoms with E-state index in [2.05, 4.69) is 9.88 Å². The summed E-state index contributed by atoms with van der Waals surface area (Å²) in [4.78, 5) is 34.9. The average molecular weight is 541 g/mol. The largest absolute Gasteiger partial charge is 0.471 e. The molecule has 2 amide bonds. The number of amides is 2. The molecule has 2 unspecified atom stereocenters. The van der Waals surface area contributed by atoms with Gasteiger partial charge in [-0.1, -0.05) is 30.3 Å². The van der Waals surface area contributed by atoms with Gasteiger partial charge in [-0.05, 0) is 45.2 Å². The summed E-state index contributed by atoms with van der Waals surface area (Å²) in [6.07, 6.45) is 1.12. The molecule has 3 aliphatic heterocycles. The normalized spacial score (nSPS) is 24.9. The van der Waals surface area contributed by atoms with Gasteiger partial charge in [-0.3, -0.25) is 0 Å². The number of halogens is 1. The van der Waals surface area contributed by atoms with E-state index in [1.807, 2.05) is 42.5 Å². The number of pyridine rings is 1. The second-order valence-corrected chi connectivity index (χ2v) is 11.5. The number of nitrogens with zero attached hydrogens (tertiary/aromatic N) is 4. The predicted molar refractivity (Wildman–Crippen MR) is 143 cm³/mol. The summed E-state index contributed by atoms with van der Waals surface area (Å²) in [5.74, 6) is 0.356. The number of piperidine rings is 1. The van der Waals surface area contributed by atoms with Crippen LogP contribution in [0.5, 0.6) is 5.88 Å². The van der Waals surface area contributed by atoms with Crippen LogP contribution in [0, 0.1) is 0 Å². The minimum Gasteiger partial charge on any atom is -0.471 e. The molecule has 3 saturated heterocycles. The van der Waals surface area contributed by atoms with Crippen molar-refractivity contribution in [1.82, 2.24) is 14.8 Å². The number of alkyl halides is 1. The third kappa shape index (κ3) is 6.54. The second kappa shape index (κ2) is 11.3. The van der Waals surface area contributed by atoms with Gasteiger partial charge < -0.3 is 28.9 Å². The number of ether oxygens (including phenoxy) is 3. The molecule has 0 radical (unpaired) electrons. The topological polar surface area (TPSA) is 84.4 Å². The molecule has 0 N–H and O–H groups in total. The van der Waals surface area contributed by atoms with E-state index in [9.17, 15) is 14.0 Å². The van der Waals surface area contributed by atoms with Crippen molar-refractivity contribution >= 4 is 17.9 Å². The molecule has 39 heavy (non-hydrogen) atoms. The molecule has 2 aromatic rings. The predicted octanol–water partition coefficient (Wildman–Crippen LogP) is 4.80. The van der Waals surface area contributed by atoms with Crippen LogP contribution < -0.4 is 9.64 Å². The molecular formula is C29H37FN4O5. The molecule has 2 bridgehead atoms. The van der Waals surface area contributed by atoms with Crippen LogP contribution in [0.2, 0.25) is 0 Å². The zero-order valence-electron chi connectivity index (χ0n) is 22.8. The van der Waals surface area contributed by atoms with E-state index >= 15 is 0 Å². The lowest BCUT2D eigenvalue weighted by molar-refractivity contribution is -0.0114. The summed E-state index contributed by atoms with van der Waals surface area (Å²) in [5.41, 5.74) is 1.28. The molecule has 3 fully saturated rings. The van der Waals surface area contributed by atoms with Gasteiger partial charge in [0.1, 0.15) is 18.3 Å². The van der Waals surface area contributed by atoms with Gasteiger partial charge in [0, 0.05) is 56.1 Å². The molecule has 3 aliphatic rings. The fourth-order valence-corrected chi connectivity index (χ4v) is 5.57. The highest BCUT2D eigenvalue weighted by Crippen LogP contribution is 2.36. The number of rotatable bonds is 5. The molecule has 0 saturated carbocycles. The average Bonchev–Trinajstić information content (AvgIpc) is 3.17. The third-order valence-corrected chi connectivity index (χ3v) is 7.37. The molecule has 5 rings (SSSR count). The molecule has 0 spiro atoms. The summed E-state index contributed by atoms with van der Waals surface area (Å²) >= 11 is 0. The van der Waals surface area contributed by atoms with Crippen molar-refractivity contribution in [2.75, 3.05) is 31.1 Å². The van der Waals surface area contributed by atoms with Crippen LogP contribution in [-0.4, -0.2) is 83.1 Å². The Morgan fingerprint density at radius 1 is 0.974 bits per heavy atom. The first-order valence-corrected chi connectivity index (χ1v) is 13.6. The maximum atomic E-state index is 15.0. The van der Waals surface area contributed by atoms with E-state index in [1.54, 1.807) is 31.9 Å². The molecule has 4 heterocycles. The number of anilines is 1. The summed E-state index contributed by atoms with van der Waals surface area (Å²) in [5, 5.41) is 0. The Morgan fingerprint density at radius 3 is 2.36 bits per heavy atom. The smallest absolute Gasteiger partial charge is 0.410 e. The van der Waals surface area contributed by atoms with Gasteiger partial charge in [0.2, 0.25) is 5.88 Å². The van der Waals surface area contributed by atoms with Crippen LogP contribution in [0.4, 0.5) is 19.7 Å². The zero-order valence-corrected chi connectivity index (χ0v) is 22.8. The van der Waals surface area contributed by atoms with Gasteiger partial charge in [0.15, 0.2) is 6.17 Å². The first-order chi connectivity index (χ1) is 18.7. The van der Waals surface area contributed by atoms with Gasteiger partial charge in [-0.15, -0.1) is 0 Å². The minimum absolute atomic E-state index is 0.0776. The van der Waals surface area contributed by atoms with Gasteiger partial charge >= 0.3 is 12.2 Å². The van der Waals surface area contributed by atoms with Crippen molar-refractivity contribution in [2.24, 2.45) is 0 Å². The fraction of sp³-hybridized carbons (Fsp3) is 0.552. The number of carbonyl (C=O) groups excluding carboxylic acids is 2. The van der Waals surface area contributed by atoms with Crippen LogP contribution in [0.15, 0.2) is 48.7 Å². The molecule has 1 aromatic heterocycles. The van der Waals surface area contributed by atoms with E-state index < -0.39 is 24.0 Å². The minimum atomic E-state index is -1.35. The van der Waals surface area contributed by atoms with Crippen LogP contribution in [0.1, 0.15) is 45.6 Å². The number of likely N-dealkylation sites (tertiary alicyclic amines) is 2. The summed E-state index contributed by atoms with van der Waals surface area (Å²) in [6, 6.07) is 13.8. The van der Waals surface area contributed by atoms with E-state index in [0.717, 1.165) is 24.1 Å². The summed E-state index contributed by atoms with van der Waals surface area (Å²) in [6.45, 7) is 7.06. The van der Waals surface area contributed by atoms with Crippen molar-refractivity contribution in [3.05, 3.63) is 54.2 Å². The highest BCUT2D eigenvalue weighted by molar-refractivity contribution is 5.69. The lowest BCUT2D eigenvalue weighted by Crippen LogP contribution is -2.55. The van der Waals surface area contributed by atoms with E-state index in [0.29, 0.717) is 31.9 Å². The van der Waals surface area contributed by atoms with Gasteiger partial charge in [-0.2, -0.15) is 0 Å². The standard InChI is InChI=1S/C29H37FN4O5/c1-29(2,3)39-28(36)32-14-12-25(24(30)18-32)38-26-15-21(11-13-31-26)34-22-9-10-23(34)17-33(16-22)27(35)37-19-20-7-5-4-6-8-20/h4-8,11,13,15,22-25H,9-10,12,14,16-19H2,1-3H3/t22?,23?,24-,25+/m0/s1. The molecule has 1 aromatic carbocycles. The Kier molecular flexibility index (Phi) is 7.81. The number of hydrogen-bond donors (Lipinski definition) is 0. The molecule has 10 heteroatoms. The van der Waals surface area contributed by atoms with Gasteiger partial charge in [0.05, 0.1) is 6.54 Å². The molecule has 0 aliphatic carbocycles. The second-order valence-electron chi connectivity index (χ2n) is 11.5. The fourth-order valence-electron chi connectivity index (χ4n) is 5.57. The maximum absolute atomic E-state index is 15.0. The first-order valence-electron chi connectivity index (χ1n) is 13.6. The van der Waals surface area contributed by atoms with Crippen LogP contribution >= 0.6 is 0 Å². The van der Waals surface area contributed by atoms with Crippen molar-refractivity contribution in [3.63, 3.8) is 0 Å².